The minimum atomic E-state index is -0.276. The number of carbonyl (C=O) groups is 1. The molecular weight excluding hydrogens is 220 g/mol. The van der Waals surface area contributed by atoms with E-state index < -0.39 is 0 Å². The number of nitrogens with two attached hydrogens (primary N) is 1. The van der Waals surface area contributed by atoms with Crippen LogP contribution < -0.4 is 11.1 Å². The molecule has 0 spiro atoms. The van der Waals surface area contributed by atoms with E-state index in [9.17, 15) is 4.79 Å². The molecule has 7 nitrogen and oxygen atoms in total. The smallest absolute Gasteiger partial charge is 0.288 e. The summed E-state index contributed by atoms with van der Waals surface area (Å²) in [7, 11) is 2.06. The topological polar surface area (TPSA) is 99.9 Å². The summed E-state index contributed by atoms with van der Waals surface area (Å²) in [4.78, 5) is 17.5. The second kappa shape index (κ2) is 6.19. The van der Waals surface area contributed by atoms with Gasteiger partial charge in [-0.1, -0.05) is 0 Å². The monoisotopic (exact) mass is 240 g/mol. The van der Waals surface area contributed by atoms with Gasteiger partial charge in [-0.15, -0.1) is 5.10 Å². The van der Waals surface area contributed by atoms with E-state index >= 15 is 0 Å². The van der Waals surface area contributed by atoms with E-state index in [1.807, 2.05) is 0 Å². The van der Waals surface area contributed by atoms with Gasteiger partial charge in [0.05, 0.1) is 0 Å². The lowest BCUT2D eigenvalue weighted by Crippen LogP contribution is -2.31. The van der Waals surface area contributed by atoms with Gasteiger partial charge in [-0.05, 0) is 33.9 Å². The Morgan fingerprint density at radius 1 is 1.59 bits per heavy atom. The second-order valence-electron chi connectivity index (χ2n) is 4.23. The Labute approximate surface area is 101 Å². The molecule has 0 radical (unpaired) electrons. The van der Waals surface area contributed by atoms with Gasteiger partial charge < -0.3 is 16.0 Å². The number of hydrogen-bond donors (Lipinski definition) is 3. The van der Waals surface area contributed by atoms with Gasteiger partial charge in [0.1, 0.15) is 0 Å². The fourth-order valence-electron chi connectivity index (χ4n) is 1.25. The molecule has 4 N–H and O–H groups in total. The van der Waals surface area contributed by atoms with E-state index in [2.05, 4.69) is 46.3 Å². The number of aromatic amines is 1. The zero-order valence-corrected chi connectivity index (χ0v) is 10.5. The maximum Gasteiger partial charge on any atom is 0.288 e. The number of rotatable bonds is 6. The van der Waals surface area contributed by atoms with Crippen molar-refractivity contribution in [2.24, 2.45) is 0 Å². The molecule has 0 bridgehead atoms. The van der Waals surface area contributed by atoms with Crippen LogP contribution in [0.5, 0.6) is 0 Å². The summed E-state index contributed by atoms with van der Waals surface area (Å²) in [6.07, 6.45) is 0.893. The van der Waals surface area contributed by atoms with Crippen molar-refractivity contribution in [3.05, 3.63) is 5.82 Å². The SMILES string of the molecule is CC(C)N(C)CCCNC(=O)c1nc(N)n[nH]1. The number of nitrogen functional groups attached to an aromatic ring is 1. The average molecular weight is 240 g/mol. The Balaban J connectivity index is 2.21. The highest BCUT2D eigenvalue weighted by Crippen LogP contribution is 1.95. The highest BCUT2D eigenvalue weighted by atomic mass is 16.2. The largest absolute Gasteiger partial charge is 0.366 e. The van der Waals surface area contributed by atoms with Crippen molar-refractivity contribution in [3.63, 3.8) is 0 Å². The molecule has 0 saturated carbocycles. The Morgan fingerprint density at radius 2 is 2.29 bits per heavy atom. The third-order valence-electron chi connectivity index (χ3n) is 2.57. The highest BCUT2D eigenvalue weighted by Gasteiger charge is 2.09. The number of H-pyrrole nitrogens is 1. The van der Waals surface area contributed by atoms with Gasteiger partial charge in [0.25, 0.3) is 5.91 Å². The fourth-order valence-corrected chi connectivity index (χ4v) is 1.25. The number of amides is 1. The first-order valence-corrected chi connectivity index (χ1v) is 5.67. The van der Waals surface area contributed by atoms with E-state index in [1.165, 1.54) is 0 Å². The van der Waals surface area contributed by atoms with Crippen molar-refractivity contribution < 1.29 is 4.79 Å². The van der Waals surface area contributed by atoms with Gasteiger partial charge in [-0.25, -0.2) is 0 Å². The lowest BCUT2D eigenvalue weighted by molar-refractivity contribution is 0.0941. The van der Waals surface area contributed by atoms with Crippen LogP contribution in [0.4, 0.5) is 5.95 Å². The maximum absolute atomic E-state index is 11.5. The van der Waals surface area contributed by atoms with Crippen LogP contribution in [0.1, 0.15) is 30.9 Å². The van der Waals surface area contributed by atoms with Crippen LogP contribution in [0.3, 0.4) is 0 Å². The lowest BCUT2D eigenvalue weighted by Gasteiger charge is -2.20. The van der Waals surface area contributed by atoms with Crippen LogP contribution in [0.15, 0.2) is 0 Å². The normalized spacial score (nSPS) is 11.1. The van der Waals surface area contributed by atoms with Gasteiger partial charge in [0, 0.05) is 12.6 Å². The van der Waals surface area contributed by atoms with Crippen LogP contribution >= 0.6 is 0 Å². The standard InChI is InChI=1S/C10H20N6O/c1-7(2)16(3)6-4-5-12-9(17)8-13-10(11)15-14-8/h7H,4-6H2,1-3H3,(H,12,17)(H3,11,13,14,15). The summed E-state index contributed by atoms with van der Waals surface area (Å²) in [6, 6.07) is 0.514. The quantitative estimate of drug-likeness (QED) is 0.600. The van der Waals surface area contributed by atoms with Crippen molar-refractivity contribution >= 4 is 11.9 Å². The Morgan fingerprint density at radius 3 is 2.82 bits per heavy atom. The summed E-state index contributed by atoms with van der Waals surface area (Å²) in [5.74, 6) is -0.0456. The van der Waals surface area contributed by atoms with E-state index in [0.717, 1.165) is 13.0 Å². The third-order valence-corrected chi connectivity index (χ3v) is 2.57. The molecule has 0 fully saturated rings. The molecule has 0 aliphatic heterocycles. The van der Waals surface area contributed by atoms with Gasteiger partial charge in [-0.3, -0.25) is 9.89 Å². The Bertz CT molecular complexity index is 361. The molecule has 1 aromatic heterocycles. The average Bonchev–Trinajstić information content (AvgIpc) is 2.70. The van der Waals surface area contributed by atoms with E-state index in [4.69, 9.17) is 5.73 Å². The molecular formula is C10H20N6O. The molecule has 96 valence electrons. The number of carbonyl (C=O) groups excluding carboxylic acids is 1. The molecule has 0 aliphatic rings. The Hall–Kier alpha value is -1.63. The minimum Gasteiger partial charge on any atom is -0.366 e. The molecule has 17 heavy (non-hydrogen) atoms. The van der Waals surface area contributed by atoms with Crippen LogP contribution in [-0.4, -0.2) is 52.2 Å². The van der Waals surface area contributed by atoms with Crippen LogP contribution in [0.2, 0.25) is 0 Å². The number of nitrogens with zero attached hydrogens (tertiary/aromatic N) is 3. The van der Waals surface area contributed by atoms with E-state index in [1.54, 1.807) is 0 Å². The molecule has 0 aliphatic carbocycles. The first kappa shape index (κ1) is 13.4. The molecule has 0 saturated heterocycles. The number of aromatic nitrogens is 3. The summed E-state index contributed by atoms with van der Waals surface area (Å²) >= 11 is 0. The zero-order valence-electron chi connectivity index (χ0n) is 10.5. The molecule has 0 aromatic carbocycles. The number of hydrogen-bond acceptors (Lipinski definition) is 5. The molecule has 1 aromatic rings. The number of anilines is 1. The molecule has 1 rings (SSSR count). The van der Waals surface area contributed by atoms with Crippen molar-refractivity contribution in [3.8, 4) is 0 Å². The van der Waals surface area contributed by atoms with Crippen LogP contribution in [-0.2, 0) is 0 Å². The van der Waals surface area contributed by atoms with Gasteiger partial charge in [0.2, 0.25) is 11.8 Å². The first-order valence-electron chi connectivity index (χ1n) is 5.67. The van der Waals surface area contributed by atoms with E-state index in [-0.39, 0.29) is 17.7 Å². The van der Waals surface area contributed by atoms with Crippen molar-refractivity contribution in [1.82, 2.24) is 25.4 Å². The van der Waals surface area contributed by atoms with Crippen molar-refractivity contribution in [2.75, 3.05) is 25.9 Å². The number of nitrogens with one attached hydrogen (secondary N) is 2. The molecule has 0 unspecified atom stereocenters. The molecule has 1 heterocycles. The summed E-state index contributed by atoms with van der Waals surface area (Å²) in [5.41, 5.74) is 5.30. The van der Waals surface area contributed by atoms with Crippen molar-refractivity contribution in [2.45, 2.75) is 26.3 Å². The predicted octanol–water partition coefficient (Wildman–Crippen LogP) is -0.153. The summed E-state index contributed by atoms with van der Waals surface area (Å²) in [6.45, 7) is 5.82. The van der Waals surface area contributed by atoms with Gasteiger partial charge in [0.15, 0.2) is 0 Å². The van der Waals surface area contributed by atoms with Crippen LogP contribution in [0.25, 0.3) is 0 Å². The van der Waals surface area contributed by atoms with Gasteiger partial charge >= 0.3 is 0 Å². The van der Waals surface area contributed by atoms with Crippen LogP contribution in [0, 0.1) is 0 Å². The lowest BCUT2D eigenvalue weighted by atomic mass is 10.3. The molecule has 7 heteroatoms. The maximum atomic E-state index is 11.5. The zero-order chi connectivity index (χ0) is 12.8. The third kappa shape index (κ3) is 4.39. The van der Waals surface area contributed by atoms with E-state index in [0.29, 0.717) is 12.6 Å². The van der Waals surface area contributed by atoms with Gasteiger partial charge in [-0.2, -0.15) is 4.98 Å². The summed E-state index contributed by atoms with van der Waals surface area (Å²) < 4.78 is 0. The first-order chi connectivity index (χ1) is 8.00. The summed E-state index contributed by atoms with van der Waals surface area (Å²) in [5, 5.41) is 8.81. The molecule has 0 atom stereocenters. The molecule has 1 amide bonds. The highest BCUT2D eigenvalue weighted by molar-refractivity contribution is 5.90. The Kier molecular flexibility index (Phi) is 4.89. The minimum absolute atomic E-state index is 0.0784. The predicted molar refractivity (Wildman–Crippen MR) is 65.5 cm³/mol. The van der Waals surface area contributed by atoms with Crippen molar-refractivity contribution in [1.29, 1.82) is 0 Å². The fraction of sp³-hybridized carbons (Fsp3) is 0.700. The second-order valence-corrected chi connectivity index (χ2v) is 4.23.